The molecule has 0 saturated carbocycles. The molecule has 0 fully saturated rings. The Balaban J connectivity index is 2.25. The molecule has 0 heterocycles. The third-order valence-electron chi connectivity index (χ3n) is 4.66. The molecule has 0 aromatic heterocycles. The van der Waals surface area contributed by atoms with E-state index in [1.165, 1.54) is 44.9 Å². The van der Waals surface area contributed by atoms with E-state index in [0.717, 1.165) is 19.3 Å². The molecule has 1 aliphatic carbocycles. The second-order valence-corrected chi connectivity index (χ2v) is 8.30. The predicted octanol–water partition coefficient (Wildman–Crippen LogP) is 5.30. The Morgan fingerprint density at radius 2 is 1.50 bits per heavy atom. The van der Waals surface area contributed by atoms with Crippen LogP contribution in [-0.2, 0) is 10.1 Å². The highest BCUT2D eigenvalue weighted by molar-refractivity contribution is 7.86. The van der Waals surface area contributed by atoms with E-state index in [1.54, 1.807) is 12.2 Å². The van der Waals surface area contributed by atoms with Crippen LogP contribution in [-0.4, -0.2) is 18.2 Å². The third-order valence-corrected chi connectivity index (χ3v) is 6.00. The molecular weight excluding hydrogens is 298 g/mol. The zero-order valence-corrected chi connectivity index (χ0v) is 14.9. The van der Waals surface area contributed by atoms with Crippen molar-refractivity contribution < 1.29 is 13.0 Å². The Morgan fingerprint density at radius 3 is 2.05 bits per heavy atom. The number of hydrogen-bond donors (Lipinski definition) is 1. The minimum atomic E-state index is -4.03. The maximum Gasteiger partial charge on any atom is 0.272 e. The second-order valence-electron chi connectivity index (χ2n) is 6.76. The first-order chi connectivity index (χ1) is 10.4. The maximum absolute atomic E-state index is 11.5. The predicted molar refractivity (Wildman–Crippen MR) is 93.6 cm³/mol. The van der Waals surface area contributed by atoms with Crippen molar-refractivity contribution in [3.8, 4) is 0 Å². The first kappa shape index (κ1) is 19.4. The zero-order chi connectivity index (χ0) is 16.5. The van der Waals surface area contributed by atoms with Gasteiger partial charge in [0, 0.05) is 5.41 Å². The van der Waals surface area contributed by atoms with Gasteiger partial charge in [-0.15, -0.1) is 0 Å². The molecule has 1 rings (SSSR count). The molecule has 1 aliphatic rings. The Morgan fingerprint density at radius 1 is 0.955 bits per heavy atom. The topological polar surface area (TPSA) is 54.4 Å². The van der Waals surface area contributed by atoms with Crippen LogP contribution in [0.4, 0.5) is 0 Å². The van der Waals surface area contributed by atoms with Crippen molar-refractivity contribution in [1.82, 2.24) is 0 Å². The normalized spacial score (nSPS) is 24.8. The van der Waals surface area contributed by atoms with Gasteiger partial charge in [0.25, 0.3) is 10.1 Å². The van der Waals surface area contributed by atoms with Crippen molar-refractivity contribution in [1.29, 1.82) is 0 Å². The number of hydrogen-bond acceptors (Lipinski definition) is 2. The van der Waals surface area contributed by atoms with Gasteiger partial charge < -0.3 is 0 Å². The van der Waals surface area contributed by atoms with Gasteiger partial charge in [-0.2, -0.15) is 8.42 Å². The molecule has 0 aromatic rings. The van der Waals surface area contributed by atoms with Crippen LogP contribution in [0.2, 0.25) is 0 Å². The van der Waals surface area contributed by atoms with Gasteiger partial charge in [-0.1, -0.05) is 95.9 Å². The summed E-state index contributed by atoms with van der Waals surface area (Å²) >= 11 is 0. The quantitative estimate of drug-likeness (QED) is 0.413. The van der Waals surface area contributed by atoms with Crippen LogP contribution in [0.1, 0.15) is 78.1 Å². The summed E-state index contributed by atoms with van der Waals surface area (Å²) in [4.78, 5) is 0. The Hall–Kier alpha value is -0.610. The van der Waals surface area contributed by atoms with E-state index in [2.05, 4.69) is 6.92 Å². The molecule has 0 aliphatic heterocycles. The van der Waals surface area contributed by atoms with E-state index in [4.69, 9.17) is 0 Å². The van der Waals surface area contributed by atoms with Crippen LogP contribution in [0.5, 0.6) is 0 Å². The highest BCUT2D eigenvalue weighted by Crippen LogP contribution is 2.37. The van der Waals surface area contributed by atoms with Gasteiger partial charge in [-0.05, 0) is 6.42 Å². The minimum absolute atomic E-state index is 0.483. The summed E-state index contributed by atoms with van der Waals surface area (Å²) in [6.07, 6.45) is 19.2. The average Bonchev–Trinajstić information content (AvgIpc) is 2.44. The van der Waals surface area contributed by atoms with Crippen LogP contribution in [0, 0.1) is 5.41 Å². The van der Waals surface area contributed by atoms with Crippen LogP contribution < -0.4 is 0 Å². The molecule has 0 amide bonds. The molecule has 1 N–H and O–H groups in total. The standard InChI is InChI=1S/C18H32O3S/c1-3-4-5-6-7-8-9-10-12-15-18(2)16-13-11-14-17(18)22(19,20)21/h11,13-14,16-17H,3-10,12,15H2,1-2H3,(H,19,20,21)/i17+2. The monoisotopic (exact) mass is 330 g/mol. The van der Waals surface area contributed by atoms with E-state index in [1.807, 2.05) is 19.1 Å². The summed E-state index contributed by atoms with van der Waals surface area (Å²) in [6.45, 7) is 4.16. The fourth-order valence-electron chi connectivity index (χ4n) is 3.24. The lowest BCUT2D eigenvalue weighted by molar-refractivity contribution is 0.350. The van der Waals surface area contributed by atoms with Gasteiger partial charge in [0.1, 0.15) is 5.25 Å². The molecule has 0 bridgehead atoms. The lowest BCUT2D eigenvalue weighted by Gasteiger charge is -2.33. The summed E-state index contributed by atoms with van der Waals surface area (Å²) in [7, 11) is -4.03. The molecule has 2 unspecified atom stereocenters. The molecule has 22 heavy (non-hydrogen) atoms. The summed E-state index contributed by atoms with van der Waals surface area (Å²) in [5.41, 5.74) is -0.483. The molecule has 3 nitrogen and oxygen atoms in total. The largest absolute Gasteiger partial charge is 0.285 e. The van der Waals surface area contributed by atoms with Gasteiger partial charge in [0.15, 0.2) is 0 Å². The van der Waals surface area contributed by atoms with Crippen molar-refractivity contribution in [3.05, 3.63) is 24.3 Å². The van der Waals surface area contributed by atoms with Crippen molar-refractivity contribution in [3.63, 3.8) is 0 Å². The molecule has 4 heteroatoms. The van der Waals surface area contributed by atoms with Crippen molar-refractivity contribution >= 4 is 10.1 Å². The second kappa shape index (κ2) is 9.51. The maximum atomic E-state index is 11.5. The van der Waals surface area contributed by atoms with Gasteiger partial charge in [-0.3, -0.25) is 4.55 Å². The minimum Gasteiger partial charge on any atom is -0.285 e. The van der Waals surface area contributed by atoms with Crippen LogP contribution in [0.15, 0.2) is 24.3 Å². The molecule has 0 radical (unpaired) electrons. The Labute approximate surface area is 136 Å². The van der Waals surface area contributed by atoms with Gasteiger partial charge in [0.2, 0.25) is 0 Å². The van der Waals surface area contributed by atoms with Crippen LogP contribution >= 0.6 is 0 Å². The molecule has 0 saturated heterocycles. The van der Waals surface area contributed by atoms with Crippen molar-refractivity contribution in [2.45, 2.75) is 83.3 Å². The SMILES string of the molecule is CCCCCCCCCCCC1(C)C=CC=C[14CH]1S(=O)(=O)O. The van der Waals surface area contributed by atoms with Crippen LogP contribution in [0.3, 0.4) is 0 Å². The van der Waals surface area contributed by atoms with Gasteiger partial charge in [0.05, 0.1) is 0 Å². The summed E-state index contributed by atoms with van der Waals surface area (Å²) in [6, 6.07) is 0. The number of allylic oxidation sites excluding steroid dienone is 3. The van der Waals surface area contributed by atoms with E-state index < -0.39 is 20.8 Å². The molecule has 0 spiro atoms. The van der Waals surface area contributed by atoms with Gasteiger partial charge >= 0.3 is 0 Å². The summed E-state index contributed by atoms with van der Waals surface area (Å²) in [5.74, 6) is 0. The van der Waals surface area contributed by atoms with Crippen molar-refractivity contribution in [2.75, 3.05) is 0 Å². The fraction of sp³-hybridized carbons (Fsp3) is 0.778. The molecule has 2 atom stereocenters. The van der Waals surface area contributed by atoms with Crippen molar-refractivity contribution in [2.24, 2.45) is 5.41 Å². The third kappa shape index (κ3) is 6.66. The number of rotatable bonds is 11. The lowest BCUT2D eigenvalue weighted by atomic mass is 9.92. The Kier molecular flexibility index (Phi) is 8.40. The van der Waals surface area contributed by atoms with E-state index in [-0.39, 0.29) is 0 Å². The summed E-state index contributed by atoms with van der Waals surface area (Å²) in [5, 5.41) is -0.806. The smallest absolute Gasteiger partial charge is 0.272 e. The van der Waals surface area contributed by atoms with E-state index in [0.29, 0.717) is 0 Å². The Bertz CT molecular complexity index is 465. The number of unbranched alkanes of at least 4 members (excludes halogenated alkanes) is 8. The zero-order valence-electron chi connectivity index (χ0n) is 14.1. The van der Waals surface area contributed by atoms with E-state index >= 15 is 0 Å². The highest BCUT2D eigenvalue weighted by Gasteiger charge is 2.39. The molecule has 0 aromatic carbocycles. The first-order valence-electron chi connectivity index (χ1n) is 8.72. The molecule has 128 valence electrons. The fourth-order valence-corrected chi connectivity index (χ4v) is 4.40. The van der Waals surface area contributed by atoms with Crippen LogP contribution in [0.25, 0.3) is 0 Å². The lowest BCUT2D eigenvalue weighted by Crippen LogP contribution is -2.36. The molecular formula is C18H32O3S. The highest BCUT2D eigenvalue weighted by atomic mass is 32.2. The summed E-state index contributed by atoms with van der Waals surface area (Å²) < 4.78 is 32.5. The van der Waals surface area contributed by atoms with Gasteiger partial charge in [-0.25, -0.2) is 0 Å². The van der Waals surface area contributed by atoms with E-state index in [9.17, 15) is 13.0 Å². The first-order valence-corrected chi connectivity index (χ1v) is 10.2. The average molecular weight is 331 g/mol.